The van der Waals surface area contributed by atoms with Crippen molar-refractivity contribution in [3.05, 3.63) is 77.4 Å². The minimum Gasteiger partial charge on any atom is -0.391 e. The van der Waals surface area contributed by atoms with Gasteiger partial charge in [0.15, 0.2) is 0 Å². The number of hydrogen-bond acceptors (Lipinski definition) is 5. The molecule has 3 heterocycles. The Labute approximate surface area is 221 Å². The van der Waals surface area contributed by atoms with Gasteiger partial charge in [-0.1, -0.05) is 61.5 Å². The number of nitrogens with zero attached hydrogens (tertiary/aromatic N) is 3. The number of amides is 2. The Hall–Kier alpha value is -3.65. The van der Waals surface area contributed by atoms with E-state index in [4.69, 9.17) is 4.52 Å². The highest BCUT2D eigenvalue weighted by atomic mass is 19.1. The van der Waals surface area contributed by atoms with Crippen LogP contribution in [0.2, 0.25) is 0 Å². The van der Waals surface area contributed by atoms with Crippen LogP contribution in [0.3, 0.4) is 0 Å². The van der Waals surface area contributed by atoms with Gasteiger partial charge in [0.25, 0.3) is 5.91 Å². The second-order valence-electron chi connectivity index (χ2n) is 11.0. The highest BCUT2D eigenvalue weighted by Crippen LogP contribution is 2.39. The molecule has 2 aliphatic rings. The number of aliphatic imine (C=N–C) groups is 1. The maximum absolute atomic E-state index is 14.3. The van der Waals surface area contributed by atoms with Crippen molar-refractivity contribution in [2.45, 2.75) is 64.0 Å². The molecule has 1 saturated heterocycles. The number of halogens is 1. The third-order valence-corrected chi connectivity index (χ3v) is 7.79. The Bertz CT molecular complexity index is 1400. The fraction of sp³-hybridized carbons (Fsp3) is 0.400. The van der Waals surface area contributed by atoms with Crippen molar-refractivity contribution >= 4 is 17.5 Å². The third kappa shape index (κ3) is 4.58. The second kappa shape index (κ2) is 9.91. The lowest BCUT2D eigenvalue weighted by Gasteiger charge is -2.30. The van der Waals surface area contributed by atoms with E-state index in [1.807, 2.05) is 45.0 Å². The first kappa shape index (κ1) is 26.0. The first-order valence-electron chi connectivity index (χ1n) is 13.0. The molecule has 1 N–H and O–H groups in total. The van der Waals surface area contributed by atoms with Gasteiger partial charge in [-0.05, 0) is 37.0 Å². The van der Waals surface area contributed by atoms with Crippen LogP contribution in [-0.2, 0) is 15.0 Å². The first-order valence-corrected chi connectivity index (χ1v) is 13.0. The van der Waals surface area contributed by atoms with Crippen LogP contribution in [0, 0.1) is 18.7 Å². The van der Waals surface area contributed by atoms with Gasteiger partial charge < -0.3 is 14.5 Å². The van der Waals surface area contributed by atoms with Gasteiger partial charge in [-0.25, -0.2) is 9.38 Å². The van der Waals surface area contributed by atoms with Gasteiger partial charge in [0.05, 0.1) is 23.3 Å². The summed E-state index contributed by atoms with van der Waals surface area (Å²) in [5.41, 5.74) is 2.37. The van der Waals surface area contributed by atoms with Gasteiger partial charge in [-0.15, -0.1) is 0 Å². The van der Waals surface area contributed by atoms with E-state index in [-0.39, 0.29) is 30.1 Å². The summed E-state index contributed by atoms with van der Waals surface area (Å²) in [4.78, 5) is 33.1. The van der Waals surface area contributed by atoms with Gasteiger partial charge in [0.1, 0.15) is 17.5 Å². The molecule has 7 nitrogen and oxygen atoms in total. The number of aliphatic hydroxyl groups is 1. The summed E-state index contributed by atoms with van der Waals surface area (Å²) in [5.74, 6) is -0.884. The van der Waals surface area contributed by atoms with Gasteiger partial charge in [-0.2, -0.15) is 0 Å². The summed E-state index contributed by atoms with van der Waals surface area (Å²) in [6, 6.07) is 15.2. The molecule has 1 fully saturated rings. The Morgan fingerprint density at radius 1 is 1.18 bits per heavy atom. The minimum absolute atomic E-state index is 0.0568. The third-order valence-electron chi connectivity index (χ3n) is 7.79. The van der Waals surface area contributed by atoms with E-state index < -0.39 is 23.5 Å². The lowest BCUT2D eigenvalue weighted by molar-refractivity contribution is -0.134. The van der Waals surface area contributed by atoms with E-state index in [0.29, 0.717) is 35.6 Å². The zero-order valence-electron chi connectivity index (χ0n) is 22.0. The standard InChI is InChI=1S/C30H32FN3O4/c1-17(2)27(26-13-18(3)33-38-26)28(36)34-16-21(35)14-25(34)24-15-30(4,29(37)32-24)20-11-9-19(10-12-20)22-7-5-6-8-23(22)31/h5-13,17,21,25,27,35H,14-16H2,1-4H3/t21-,25-,27+,30+/m1/s1. The topological polar surface area (TPSA) is 96.0 Å². The quantitative estimate of drug-likeness (QED) is 0.506. The Balaban J connectivity index is 1.39. The van der Waals surface area contributed by atoms with Crippen LogP contribution in [0.5, 0.6) is 0 Å². The molecule has 2 amide bonds. The molecule has 2 aromatic carbocycles. The SMILES string of the molecule is Cc1cc([C@@H](C(=O)N2C[C@H](O)C[C@@H]2C2=NC(=O)[C@](C)(c3ccc(-c4ccccc4F)cc3)C2)C(C)C)on1. The molecular formula is C30H32FN3O4. The van der Waals surface area contributed by atoms with Gasteiger partial charge in [-0.3, -0.25) is 9.59 Å². The monoisotopic (exact) mass is 517 g/mol. The lowest BCUT2D eigenvalue weighted by atomic mass is 9.78. The van der Waals surface area contributed by atoms with Crippen molar-refractivity contribution < 1.29 is 23.6 Å². The number of aliphatic hydroxyl groups excluding tert-OH is 1. The molecule has 198 valence electrons. The average Bonchev–Trinajstić information content (AvgIpc) is 3.57. The molecule has 0 saturated carbocycles. The number of hydrogen-bond donors (Lipinski definition) is 1. The summed E-state index contributed by atoms with van der Waals surface area (Å²) in [6.45, 7) is 7.71. The van der Waals surface area contributed by atoms with Crippen LogP contribution in [0.1, 0.15) is 56.5 Å². The largest absolute Gasteiger partial charge is 0.391 e. The molecule has 5 rings (SSSR count). The number of aryl methyl sites for hydroxylation is 1. The number of aromatic nitrogens is 1. The van der Waals surface area contributed by atoms with E-state index >= 15 is 0 Å². The highest BCUT2D eigenvalue weighted by molar-refractivity contribution is 6.11. The molecule has 2 aliphatic heterocycles. The molecule has 0 spiro atoms. The van der Waals surface area contributed by atoms with Crippen molar-refractivity contribution in [1.29, 1.82) is 0 Å². The molecule has 4 atom stereocenters. The summed E-state index contributed by atoms with van der Waals surface area (Å²) >= 11 is 0. The lowest BCUT2D eigenvalue weighted by Crippen LogP contribution is -2.44. The first-order chi connectivity index (χ1) is 18.1. The van der Waals surface area contributed by atoms with Crippen LogP contribution in [0.25, 0.3) is 11.1 Å². The predicted molar refractivity (Wildman–Crippen MR) is 141 cm³/mol. The van der Waals surface area contributed by atoms with Gasteiger partial charge in [0.2, 0.25) is 5.91 Å². The summed E-state index contributed by atoms with van der Waals surface area (Å²) in [5, 5.41) is 14.5. The maximum atomic E-state index is 14.3. The van der Waals surface area contributed by atoms with Gasteiger partial charge >= 0.3 is 0 Å². The van der Waals surface area contributed by atoms with E-state index in [2.05, 4.69) is 10.1 Å². The van der Waals surface area contributed by atoms with Crippen molar-refractivity contribution in [1.82, 2.24) is 10.1 Å². The number of carbonyl (C=O) groups excluding carboxylic acids is 2. The molecule has 1 aromatic heterocycles. The van der Waals surface area contributed by atoms with Crippen molar-refractivity contribution in [3.63, 3.8) is 0 Å². The Morgan fingerprint density at radius 3 is 2.53 bits per heavy atom. The van der Waals surface area contributed by atoms with Crippen LogP contribution >= 0.6 is 0 Å². The molecular weight excluding hydrogens is 485 g/mol. The Kier molecular flexibility index (Phi) is 6.77. The number of carbonyl (C=O) groups is 2. The van der Waals surface area contributed by atoms with E-state index in [1.54, 1.807) is 36.1 Å². The zero-order valence-corrected chi connectivity index (χ0v) is 22.0. The van der Waals surface area contributed by atoms with Crippen LogP contribution in [0.15, 0.2) is 64.1 Å². The van der Waals surface area contributed by atoms with Crippen LogP contribution in [-0.4, -0.2) is 51.4 Å². The number of benzene rings is 2. The second-order valence-corrected chi connectivity index (χ2v) is 11.0. The number of β-amino-alcohol motifs (C(OH)–C–C–N with tert-alkyl or cyclic N) is 1. The average molecular weight is 518 g/mol. The molecule has 38 heavy (non-hydrogen) atoms. The summed E-state index contributed by atoms with van der Waals surface area (Å²) in [7, 11) is 0. The van der Waals surface area contributed by atoms with Crippen molar-refractivity contribution in [3.8, 4) is 11.1 Å². The van der Waals surface area contributed by atoms with E-state index in [9.17, 15) is 19.1 Å². The molecule has 3 aromatic rings. The van der Waals surface area contributed by atoms with E-state index in [0.717, 1.165) is 11.1 Å². The van der Waals surface area contributed by atoms with Crippen molar-refractivity contribution in [2.75, 3.05) is 6.54 Å². The van der Waals surface area contributed by atoms with Gasteiger partial charge in [0, 0.05) is 36.7 Å². The fourth-order valence-corrected chi connectivity index (χ4v) is 5.68. The zero-order chi connectivity index (χ0) is 27.2. The fourth-order valence-electron chi connectivity index (χ4n) is 5.68. The summed E-state index contributed by atoms with van der Waals surface area (Å²) < 4.78 is 19.7. The van der Waals surface area contributed by atoms with E-state index in [1.165, 1.54) is 6.07 Å². The molecule has 0 unspecified atom stereocenters. The van der Waals surface area contributed by atoms with Crippen LogP contribution in [0.4, 0.5) is 4.39 Å². The molecule has 0 radical (unpaired) electrons. The summed E-state index contributed by atoms with van der Waals surface area (Å²) in [6.07, 6.45) is -0.0573. The molecule has 0 aliphatic carbocycles. The minimum atomic E-state index is -0.912. The van der Waals surface area contributed by atoms with Crippen molar-refractivity contribution in [2.24, 2.45) is 10.9 Å². The predicted octanol–water partition coefficient (Wildman–Crippen LogP) is 4.82. The number of rotatable bonds is 6. The highest BCUT2D eigenvalue weighted by Gasteiger charge is 2.48. The molecule has 0 bridgehead atoms. The Morgan fingerprint density at radius 2 is 1.89 bits per heavy atom. The molecule has 8 heteroatoms. The number of likely N-dealkylation sites (tertiary alicyclic amines) is 1. The van der Waals surface area contributed by atoms with Crippen LogP contribution < -0.4 is 0 Å². The maximum Gasteiger partial charge on any atom is 0.256 e. The smallest absolute Gasteiger partial charge is 0.256 e. The normalized spacial score (nSPS) is 24.2.